The summed E-state index contributed by atoms with van der Waals surface area (Å²) in [5, 5.41) is 6.18. The maximum atomic E-state index is 12.6. The molecule has 0 atom stereocenters. The molecular formula is C23H19F3N2O4. The van der Waals surface area contributed by atoms with Crippen molar-refractivity contribution in [3.8, 4) is 0 Å². The fourth-order valence-electron chi connectivity index (χ4n) is 3.04. The van der Waals surface area contributed by atoms with E-state index in [0.29, 0.717) is 0 Å². The van der Waals surface area contributed by atoms with Crippen LogP contribution in [-0.4, -0.2) is 37.1 Å². The number of benzene rings is 3. The van der Waals surface area contributed by atoms with Gasteiger partial charge in [-0.25, -0.2) is 4.79 Å². The van der Waals surface area contributed by atoms with Gasteiger partial charge in [0.1, 0.15) is 6.54 Å². The monoisotopic (exact) mass is 444 g/mol. The molecule has 0 aliphatic heterocycles. The lowest BCUT2D eigenvalue weighted by Gasteiger charge is -2.12. The third kappa shape index (κ3) is 6.31. The molecule has 32 heavy (non-hydrogen) atoms. The molecule has 2 amide bonds. The zero-order valence-corrected chi connectivity index (χ0v) is 16.7. The van der Waals surface area contributed by atoms with Crippen molar-refractivity contribution in [3.05, 3.63) is 77.9 Å². The lowest BCUT2D eigenvalue weighted by Crippen LogP contribution is -2.36. The van der Waals surface area contributed by atoms with E-state index in [-0.39, 0.29) is 23.6 Å². The van der Waals surface area contributed by atoms with Crippen molar-refractivity contribution in [2.45, 2.75) is 12.6 Å². The molecule has 0 aliphatic carbocycles. The van der Waals surface area contributed by atoms with Gasteiger partial charge in [0.25, 0.3) is 5.91 Å². The first-order valence-electron chi connectivity index (χ1n) is 9.59. The Labute approximate surface area is 181 Å². The second-order valence-electron chi connectivity index (χ2n) is 6.88. The summed E-state index contributed by atoms with van der Waals surface area (Å²) in [6, 6.07) is 19.2. The predicted octanol–water partition coefficient (Wildman–Crippen LogP) is 3.86. The van der Waals surface area contributed by atoms with Crippen LogP contribution in [0.1, 0.15) is 15.9 Å². The van der Waals surface area contributed by atoms with E-state index in [9.17, 15) is 27.6 Å². The minimum Gasteiger partial charge on any atom is -0.452 e. The summed E-state index contributed by atoms with van der Waals surface area (Å²) in [4.78, 5) is 36.4. The molecule has 6 nitrogen and oxygen atoms in total. The lowest BCUT2D eigenvalue weighted by molar-refractivity contribution is -0.140. The predicted molar refractivity (Wildman–Crippen MR) is 112 cm³/mol. The van der Waals surface area contributed by atoms with Crippen molar-refractivity contribution in [1.82, 2.24) is 5.32 Å². The number of anilines is 1. The highest BCUT2D eigenvalue weighted by atomic mass is 19.4. The minimum atomic E-state index is -4.57. The van der Waals surface area contributed by atoms with E-state index in [1.165, 1.54) is 18.2 Å². The molecule has 9 heteroatoms. The number of hydrogen-bond donors (Lipinski definition) is 2. The standard InChI is InChI=1S/C23H19F3N2O4/c24-23(25,26)14-27-21(30)13-32-22(31)18-10-3-4-11-19(18)28-20(29)12-16-8-5-7-15-6-1-2-9-17(15)16/h1-11H,12-14H2,(H,27,30)(H,28,29). The Kier molecular flexibility index (Phi) is 7.09. The van der Waals surface area contributed by atoms with Crippen LogP contribution in [0.15, 0.2) is 66.7 Å². The molecule has 0 bridgehead atoms. The molecule has 0 radical (unpaired) electrons. The van der Waals surface area contributed by atoms with Crippen LogP contribution < -0.4 is 10.6 Å². The van der Waals surface area contributed by atoms with Crippen molar-refractivity contribution in [1.29, 1.82) is 0 Å². The van der Waals surface area contributed by atoms with E-state index in [1.54, 1.807) is 11.4 Å². The van der Waals surface area contributed by atoms with Crippen molar-refractivity contribution in [3.63, 3.8) is 0 Å². The van der Waals surface area contributed by atoms with Gasteiger partial charge in [0, 0.05) is 0 Å². The van der Waals surface area contributed by atoms with Gasteiger partial charge < -0.3 is 15.4 Å². The molecule has 0 aliphatic rings. The summed E-state index contributed by atoms with van der Waals surface area (Å²) < 4.78 is 41.2. The lowest BCUT2D eigenvalue weighted by atomic mass is 10.0. The maximum absolute atomic E-state index is 12.6. The topological polar surface area (TPSA) is 84.5 Å². The zero-order valence-electron chi connectivity index (χ0n) is 16.7. The Bertz CT molecular complexity index is 1140. The molecule has 3 aromatic rings. The summed E-state index contributed by atoms with van der Waals surface area (Å²) >= 11 is 0. The van der Waals surface area contributed by atoms with Crippen LogP contribution in [0.2, 0.25) is 0 Å². The number of para-hydroxylation sites is 1. The average molecular weight is 444 g/mol. The summed E-state index contributed by atoms with van der Waals surface area (Å²) in [7, 11) is 0. The van der Waals surface area contributed by atoms with Gasteiger partial charge in [-0.05, 0) is 28.5 Å². The van der Waals surface area contributed by atoms with Crippen molar-refractivity contribution in [2.24, 2.45) is 0 Å². The van der Waals surface area contributed by atoms with Gasteiger partial charge in [-0.2, -0.15) is 13.2 Å². The number of esters is 1. The van der Waals surface area contributed by atoms with E-state index in [0.717, 1.165) is 16.3 Å². The number of carbonyl (C=O) groups excluding carboxylic acids is 3. The van der Waals surface area contributed by atoms with Crippen molar-refractivity contribution >= 4 is 34.2 Å². The minimum absolute atomic E-state index is 0.0256. The van der Waals surface area contributed by atoms with Crippen molar-refractivity contribution in [2.75, 3.05) is 18.5 Å². The highest BCUT2D eigenvalue weighted by molar-refractivity contribution is 6.03. The molecule has 0 saturated heterocycles. The Morgan fingerprint density at radius 3 is 2.31 bits per heavy atom. The number of nitrogens with one attached hydrogen (secondary N) is 2. The van der Waals surface area contributed by atoms with Gasteiger partial charge in [-0.3, -0.25) is 9.59 Å². The molecule has 0 aromatic heterocycles. The Hall–Kier alpha value is -3.88. The summed E-state index contributed by atoms with van der Waals surface area (Å²) in [6.45, 7) is -2.41. The highest BCUT2D eigenvalue weighted by Gasteiger charge is 2.28. The van der Waals surface area contributed by atoms with E-state index >= 15 is 0 Å². The van der Waals surface area contributed by atoms with Crippen LogP contribution in [-0.2, 0) is 20.7 Å². The highest BCUT2D eigenvalue weighted by Crippen LogP contribution is 2.21. The first-order valence-corrected chi connectivity index (χ1v) is 9.59. The van der Waals surface area contributed by atoms with Crippen LogP contribution >= 0.6 is 0 Å². The van der Waals surface area contributed by atoms with Gasteiger partial charge in [0.05, 0.1) is 17.7 Å². The first-order chi connectivity index (χ1) is 15.2. The largest absolute Gasteiger partial charge is 0.452 e. The van der Waals surface area contributed by atoms with Gasteiger partial charge in [0.2, 0.25) is 5.91 Å². The van der Waals surface area contributed by atoms with E-state index in [1.807, 2.05) is 42.5 Å². The number of rotatable bonds is 7. The molecule has 2 N–H and O–H groups in total. The number of fused-ring (bicyclic) bond motifs is 1. The Morgan fingerprint density at radius 1 is 0.844 bits per heavy atom. The number of hydrogen-bond acceptors (Lipinski definition) is 4. The quantitative estimate of drug-likeness (QED) is 0.542. The van der Waals surface area contributed by atoms with Crippen LogP contribution in [0.25, 0.3) is 10.8 Å². The number of halogens is 3. The summed E-state index contributed by atoms with van der Waals surface area (Å²) in [5.74, 6) is -2.41. The molecule has 3 rings (SSSR count). The van der Waals surface area contributed by atoms with Crippen LogP contribution in [0.5, 0.6) is 0 Å². The van der Waals surface area contributed by atoms with Crippen LogP contribution in [0.4, 0.5) is 18.9 Å². The normalized spacial score (nSPS) is 11.1. The number of ether oxygens (including phenoxy) is 1. The first kappa shape index (κ1) is 22.8. The molecule has 0 heterocycles. The molecule has 0 spiro atoms. The SMILES string of the molecule is O=C(COC(=O)c1ccccc1NC(=O)Cc1cccc2ccccc12)NCC(F)(F)F. The molecule has 0 fully saturated rings. The second-order valence-corrected chi connectivity index (χ2v) is 6.88. The third-order valence-electron chi connectivity index (χ3n) is 4.47. The smallest absolute Gasteiger partial charge is 0.405 e. The molecule has 0 unspecified atom stereocenters. The molecular weight excluding hydrogens is 425 g/mol. The van der Waals surface area contributed by atoms with Gasteiger partial charge in [-0.1, -0.05) is 54.6 Å². The summed E-state index contributed by atoms with van der Waals surface area (Å²) in [6.07, 6.45) is -4.51. The van der Waals surface area contributed by atoms with Crippen molar-refractivity contribution < 1.29 is 32.3 Å². The third-order valence-corrected chi connectivity index (χ3v) is 4.47. The fraction of sp³-hybridized carbons (Fsp3) is 0.174. The van der Waals surface area contributed by atoms with Gasteiger partial charge in [-0.15, -0.1) is 0 Å². The fourth-order valence-corrected chi connectivity index (χ4v) is 3.04. The molecule has 3 aromatic carbocycles. The van der Waals surface area contributed by atoms with Crippen LogP contribution in [0.3, 0.4) is 0 Å². The van der Waals surface area contributed by atoms with E-state index in [4.69, 9.17) is 4.74 Å². The Morgan fingerprint density at radius 2 is 1.53 bits per heavy atom. The molecule has 166 valence electrons. The van der Waals surface area contributed by atoms with Gasteiger partial charge >= 0.3 is 12.1 Å². The van der Waals surface area contributed by atoms with E-state index in [2.05, 4.69) is 5.32 Å². The summed E-state index contributed by atoms with van der Waals surface area (Å²) in [5.41, 5.74) is 0.947. The van der Waals surface area contributed by atoms with Gasteiger partial charge in [0.15, 0.2) is 6.61 Å². The molecule has 0 saturated carbocycles. The number of alkyl halides is 3. The maximum Gasteiger partial charge on any atom is 0.405 e. The second kappa shape index (κ2) is 9.95. The number of carbonyl (C=O) groups is 3. The van der Waals surface area contributed by atoms with E-state index < -0.39 is 31.2 Å². The number of amides is 2. The van der Waals surface area contributed by atoms with Crippen LogP contribution in [0, 0.1) is 0 Å². The zero-order chi connectivity index (χ0) is 23.1. The average Bonchev–Trinajstić information content (AvgIpc) is 2.76. The Balaban J connectivity index is 1.64.